The molecule has 7 aromatic rings. The van der Waals surface area contributed by atoms with E-state index in [9.17, 15) is 0 Å². The van der Waals surface area contributed by atoms with E-state index in [1.54, 1.807) is 0 Å². The van der Waals surface area contributed by atoms with Crippen LogP contribution >= 0.6 is 0 Å². The maximum absolute atomic E-state index is 6.69. The predicted octanol–water partition coefficient (Wildman–Crippen LogP) is 10.5. The summed E-state index contributed by atoms with van der Waals surface area (Å²) in [5.41, 5.74) is 11.1. The number of benzene rings is 6. The molecule has 0 saturated carbocycles. The Bertz CT molecular complexity index is 2310. The SMILES string of the molecule is CC1(C)c2ccccc2N(c2ccc3c(c2)[Si](C)(C)c2cc(-c4cc(-c5ccccc5)nc(-c5ccccc5)n4)ccc2O3)c2ccccc21. The Morgan fingerprint density at radius 2 is 1.04 bits per heavy atom. The topological polar surface area (TPSA) is 38.2 Å². The van der Waals surface area contributed by atoms with Crippen LogP contribution in [0.2, 0.25) is 13.1 Å². The normalized spacial score (nSPS) is 14.8. The van der Waals surface area contributed by atoms with Crippen LogP contribution in [0, 0.1) is 0 Å². The third kappa shape index (κ3) is 4.80. The van der Waals surface area contributed by atoms with Crippen LogP contribution < -0.4 is 20.0 Å². The van der Waals surface area contributed by atoms with Crippen molar-refractivity contribution in [1.82, 2.24) is 9.97 Å². The molecule has 0 unspecified atom stereocenters. The van der Waals surface area contributed by atoms with Gasteiger partial charge in [0.1, 0.15) is 19.6 Å². The maximum atomic E-state index is 6.69. The molecule has 0 N–H and O–H groups in total. The lowest BCUT2D eigenvalue weighted by Gasteiger charge is -2.42. The molecule has 1 aromatic heterocycles. The van der Waals surface area contributed by atoms with E-state index in [1.165, 1.54) is 32.9 Å². The van der Waals surface area contributed by atoms with Gasteiger partial charge in [0, 0.05) is 27.8 Å². The van der Waals surface area contributed by atoms with Gasteiger partial charge in [-0.3, -0.25) is 0 Å². The highest BCUT2D eigenvalue weighted by Gasteiger charge is 2.40. The monoisotopic (exact) mass is 663 g/mol. The van der Waals surface area contributed by atoms with E-state index in [2.05, 4.69) is 159 Å². The molecule has 6 aromatic carbocycles. The van der Waals surface area contributed by atoms with E-state index in [-0.39, 0.29) is 5.41 Å². The molecule has 0 amide bonds. The lowest BCUT2D eigenvalue weighted by molar-refractivity contribution is 0.487. The van der Waals surface area contributed by atoms with Gasteiger partial charge in [-0.2, -0.15) is 0 Å². The van der Waals surface area contributed by atoms with Crippen molar-refractivity contribution in [2.45, 2.75) is 32.4 Å². The van der Waals surface area contributed by atoms with Crippen molar-refractivity contribution in [1.29, 1.82) is 0 Å². The fourth-order valence-corrected chi connectivity index (χ4v) is 10.6. The number of hydrogen-bond acceptors (Lipinski definition) is 4. The molecular formula is C45H37N3OSi. The molecule has 242 valence electrons. The number of anilines is 3. The highest BCUT2D eigenvalue weighted by atomic mass is 28.3. The lowest BCUT2D eigenvalue weighted by Crippen LogP contribution is -2.56. The molecular weight excluding hydrogens is 627 g/mol. The molecule has 2 aliphatic heterocycles. The van der Waals surface area contributed by atoms with Crippen LogP contribution in [0.3, 0.4) is 0 Å². The maximum Gasteiger partial charge on any atom is 0.160 e. The van der Waals surface area contributed by atoms with Gasteiger partial charge >= 0.3 is 0 Å². The Morgan fingerprint density at radius 1 is 0.520 bits per heavy atom. The standard InChI is InChI=1S/C45H37N3OSi/c1-45(2)34-19-11-13-21-38(34)48(39-22-14-12-20-35(39)45)33-24-26-41-43(28-33)50(3,4)42-27-32(23-25-40(42)49-41)37-29-36(30-15-7-5-8-16-30)46-44(47-37)31-17-9-6-10-18-31/h5-29H,1-4H3. The first-order chi connectivity index (χ1) is 24.3. The number of rotatable bonds is 4. The average Bonchev–Trinajstić information content (AvgIpc) is 3.16. The predicted molar refractivity (Wildman–Crippen MR) is 208 cm³/mol. The van der Waals surface area contributed by atoms with Gasteiger partial charge in [-0.05, 0) is 76.1 Å². The number of para-hydroxylation sites is 2. The Morgan fingerprint density at radius 3 is 1.68 bits per heavy atom. The summed E-state index contributed by atoms with van der Waals surface area (Å²) < 4.78 is 6.69. The van der Waals surface area contributed by atoms with Crippen LogP contribution in [0.25, 0.3) is 33.9 Å². The summed E-state index contributed by atoms with van der Waals surface area (Å²) in [6, 6.07) is 53.7. The van der Waals surface area contributed by atoms with Crippen molar-refractivity contribution in [2.75, 3.05) is 4.90 Å². The summed E-state index contributed by atoms with van der Waals surface area (Å²) in [6.45, 7) is 9.53. The van der Waals surface area contributed by atoms with Crippen molar-refractivity contribution >= 4 is 35.5 Å². The summed E-state index contributed by atoms with van der Waals surface area (Å²) in [7, 11) is -2.25. The summed E-state index contributed by atoms with van der Waals surface area (Å²) in [5, 5.41) is 2.55. The van der Waals surface area contributed by atoms with E-state index in [4.69, 9.17) is 14.7 Å². The molecule has 50 heavy (non-hydrogen) atoms. The van der Waals surface area contributed by atoms with E-state index in [1.807, 2.05) is 24.3 Å². The fourth-order valence-electron chi connectivity index (χ4n) is 7.78. The van der Waals surface area contributed by atoms with E-state index in [0.717, 1.165) is 45.3 Å². The second kappa shape index (κ2) is 11.4. The van der Waals surface area contributed by atoms with E-state index >= 15 is 0 Å². The molecule has 0 radical (unpaired) electrons. The average molecular weight is 664 g/mol. The molecule has 0 bridgehead atoms. The molecule has 0 fully saturated rings. The molecule has 3 heterocycles. The van der Waals surface area contributed by atoms with Gasteiger partial charge in [-0.25, -0.2) is 9.97 Å². The Labute approximate surface area is 294 Å². The first kappa shape index (κ1) is 30.3. The molecule has 0 saturated heterocycles. The first-order valence-corrected chi connectivity index (χ1v) is 20.3. The number of nitrogens with zero attached hydrogens (tertiary/aromatic N) is 3. The summed E-state index contributed by atoms with van der Waals surface area (Å²) >= 11 is 0. The van der Waals surface area contributed by atoms with Crippen LogP contribution in [0.1, 0.15) is 25.0 Å². The number of fused-ring (bicyclic) bond motifs is 4. The summed E-state index contributed by atoms with van der Waals surface area (Å²) in [4.78, 5) is 12.6. The van der Waals surface area contributed by atoms with Gasteiger partial charge in [0.15, 0.2) is 5.82 Å². The zero-order valence-corrected chi connectivity index (χ0v) is 29.7. The minimum Gasteiger partial charge on any atom is -0.458 e. The minimum absolute atomic E-state index is 0.105. The first-order valence-electron chi connectivity index (χ1n) is 17.3. The van der Waals surface area contributed by atoms with Gasteiger partial charge in [0.05, 0.1) is 22.8 Å². The van der Waals surface area contributed by atoms with Crippen LogP contribution in [-0.2, 0) is 5.41 Å². The molecule has 2 aliphatic rings. The van der Waals surface area contributed by atoms with Crippen LogP contribution in [0.4, 0.5) is 17.1 Å². The van der Waals surface area contributed by atoms with Crippen molar-refractivity contribution in [3.63, 3.8) is 0 Å². The molecule has 0 spiro atoms. The lowest BCUT2D eigenvalue weighted by atomic mass is 9.73. The second-order valence-electron chi connectivity index (χ2n) is 14.3. The second-order valence-corrected chi connectivity index (χ2v) is 18.6. The van der Waals surface area contributed by atoms with E-state index in [0.29, 0.717) is 5.82 Å². The smallest absolute Gasteiger partial charge is 0.160 e. The molecule has 0 atom stereocenters. The number of aromatic nitrogens is 2. The van der Waals surface area contributed by atoms with Crippen molar-refractivity contribution < 1.29 is 4.74 Å². The third-order valence-corrected chi connectivity index (χ3v) is 14.0. The van der Waals surface area contributed by atoms with Gasteiger partial charge in [-0.15, -0.1) is 0 Å². The minimum atomic E-state index is -2.25. The fraction of sp³-hybridized carbons (Fsp3) is 0.111. The number of hydrogen-bond donors (Lipinski definition) is 0. The summed E-state index contributed by atoms with van der Waals surface area (Å²) in [6.07, 6.45) is 0. The number of ether oxygens (including phenoxy) is 1. The Kier molecular flexibility index (Phi) is 6.90. The quantitative estimate of drug-likeness (QED) is 0.176. The largest absolute Gasteiger partial charge is 0.458 e. The van der Waals surface area contributed by atoms with Crippen LogP contribution in [-0.4, -0.2) is 18.0 Å². The summed E-state index contributed by atoms with van der Waals surface area (Å²) in [5.74, 6) is 2.60. The highest BCUT2D eigenvalue weighted by molar-refractivity contribution is 7.01. The third-order valence-electron chi connectivity index (χ3n) is 10.5. The van der Waals surface area contributed by atoms with Gasteiger partial charge < -0.3 is 9.64 Å². The zero-order chi connectivity index (χ0) is 34.0. The molecule has 4 nitrogen and oxygen atoms in total. The molecule has 0 aliphatic carbocycles. The van der Waals surface area contributed by atoms with Crippen molar-refractivity contribution in [3.8, 4) is 45.4 Å². The van der Waals surface area contributed by atoms with Crippen molar-refractivity contribution in [2.24, 2.45) is 0 Å². The van der Waals surface area contributed by atoms with Gasteiger partial charge in [0.2, 0.25) is 0 Å². The van der Waals surface area contributed by atoms with Crippen LogP contribution in [0.5, 0.6) is 11.5 Å². The highest BCUT2D eigenvalue weighted by Crippen LogP contribution is 2.51. The zero-order valence-electron chi connectivity index (χ0n) is 28.7. The van der Waals surface area contributed by atoms with Gasteiger partial charge in [-0.1, -0.05) is 124 Å². The molecule has 9 rings (SSSR count). The molecule has 5 heteroatoms. The van der Waals surface area contributed by atoms with Gasteiger partial charge in [0.25, 0.3) is 0 Å². The van der Waals surface area contributed by atoms with Crippen molar-refractivity contribution in [3.05, 3.63) is 163 Å². The van der Waals surface area contributed by atoms with Crippen LogP contribution in [0.15, 0.2) is 152 Å². The Balaban J connectivity index is 1.16. The van der Waals surface area contributed by atoms with E-state index < -0.39 is 8.07 Å². The Hall–Kier alpha value is -5.78.